The van der Waals surface area contributed by atoms with Gasteiger partial charge in [0.25, 0.3) is 0 Å². The molecule has 0 N–H and O–H groups in total. The minimum absolute atomic E-state index is 0.175. The van der Waals surface area contributed by atoms with E-state index >= 15 is 0 Å². The van der Waals surface area contributed by atoms with Crippen LogP contribution in [0, 0.1) is 0 Å². The number of halogens is 3. The van der Waals surface area contributed by atoms with Crippen molar-refractivity contribution in [1.29, 1.82) is 0 Å². The second-order valence-corrected chi connectivity index (χ2v) is 3.81. The molecule has 0 radical (unpaired) electrons. The third-order valence-electron chi connectivity index (χ3n) is 1.46. The van der Waals surface area contributed by atoms with Gasteiger partial charge < -0.3 is 4.52 Å². The molecule has 84 valence electrons. The van der Waals surface area contributed by atoms with Crippen LogP contribution in [0.5, 0.6) is 5.75 Å². The number of hydrogen-bond donors (Lipinski definition) is 0. The average molecular weight is 242 g/mol. The first-order valence-electron chi connectivity index (χ1n) is 3.69. The standard InChI is InChI=1S/C7H6F3O4P/c8-5-6-1-3-7(4-2-6)12-15(11,13-9)14-10/h1-4H,5H2. The van der Waals surface area contributed by atoms with Crippen LogP contribution in [0.25, 0.3) is 0 Å². The minimum atomic E-state index is -4.85. The molecule has 0 aliphatic rings. The molecule has 0 unspecified atom stereocenters. The predicted octanol–water partition coefficient (Wildman–Crippen LogP) is 3.45. The van der Waals surface area contributed by atoms with E-state index in [4.69, 9.17) is 0 Å². The third-order valence-corrected chi connectivity index (χ3v) is 2.24. The molecular weight excluding hydrogens is 236 g/mol. The molecule has 0 aliphatic heterocycles. The van der Waals surface area contributed by atoms with E-state index in [1.807, 2.05) is 0 Å². The van der Waals surface area contributed by atoms with E-state index in [0.29, 0.717) is 5.56 Å². The molecule has 0 atom stereocenters. The molecule has 0 heterocycles. The van der Waals surface area contributed by atoms with Crippen LogP contribution in [0.1, 0.15) is 5.56 Å². The lowest BCUT2D eigenvalue weighted by Gasteiger charge is -2.08. The van der Waals surface area contributed by atoms with Crippen molar-refractivity contribution >= 4 is 7.82 Å². The van der Waals surface area contributed by atoms with Crippen molar-refractivity contribution in [1.82, 2.24) is 0 Å². The average Bonchev–Trinajstić information content (AvgIpc) is 2.30. The van der Waals surface area contributed by atoms with Crippen molar-refractivity contribution in [3.8, 4) is 5.75 Å². The molecule has 15 heavy (non-hydrogen) atoms. The van der Waals surface area contributed by atoms with E-state index in [9.17, 15) is 18.0 Å². The van der Waals surface area contributed by atoms with Crippen molar-refractivity contribution in [2.24, 2.45) is 0 Å². The van der Waals surface area contributed by atoms with Crippen molar-refractivity contribution in [2.45, 2.75) is 6.67 Å². The summed E-state index contributed by atoms with van der Waals surface area (Å²) in [6, 6.07) is 4.91. The Morgan fingerprint density at radius 1 is 1.13 bits per heavy atom. The Bertz CT molecular complexity index is 348. The zero-order chi connectivity index (χ0) is 11.3. The van der Waals surface area contributed by atoms with Gasteiger partial charge in [-0.15, -0.1) is 0 Å². The molecular formula is C7H6F3O4P. The lowest BCUT2D eigenvalue weighted by molar-refractivity contribution is -0.107. The van der Waals surface area contributed by atoms with Crippen molar-refractivity contribution in [2.75, 3.05) is 0 Å². The highest BCUT2D eigenvalue weighted by atomic mass is 31.2. The van der Waals surface area contributed by atoms with Crippen LogP contribution in [0.3, 0.4) is 0 Å². The van der Waals surface area contributed by atoms with E-state index in [-0.39, 0.29) is 5.75 Å². The van der Waals surface area contributed by atoms with Crippen LogP contribution in [-0.2, 0) is 20.7 Å². The van der Waals surface area contributed by atoms with Gasteiger partial charge >= 0.3 is 7.82 Å². The topological polar surface area (TPSA) is 44.8 Å². The van der Waals surface area contributed by atoms with Gasteiger partial charge in [0.15, 0.2) is 0 Å². The predicted molar refractivity (Wildman–Crippen MR) is 43.9 cm³/mol. The summed E-state index contributed by atoms with van der Waals surface area (Å²) in [5, 5.41) is 0. The molecule has 4 nitrogen and oxygen atoms in total. The second kappa shape index (κ2) is 5.16. The first-order chi connectivity index (χ1) is 7.13. The Kier molecular flexibility index (Phi) is 4.14. The van der Waals surface area contributed by atoms with E-state index in [2.05, 4.69) is 14.0 Å². The summed E-state index contributed by atoms with van der Waals surface area (Å²) < 4.78 is 55.6. The molecule has 0 saturated heterocycles. The molecule has 0 aromatic heterocycles. The SMILES string of the molecule is O=P(OF)(OF)Oc1ccc(CF)cc1. The van der Waals surface area contributed by atoms with Gasteiger partial charge in [-0.2, -0.15) is 0 Å². The Morgan fingerprint density at radius 2 is 1.67 bits per heavy atom. The molecule has 1 aromatic carbocycles. The van der Waals surface area contributed by atoms with Crippen LogP contribution in [0.4, 0.5) is 13.4 Å². The highest BCUT2D eigenvalue weighted by molar-refractivity contribution is 7.48. The van der Waals surface area contributed by atoms with Gasteiger partial charge in [-0.25, -0.2) is 8.96 Å². The smallest absolute Gasteiger partial charge is 0.401 e. The van der Waals surface area contributed by atoms with Gasteiger partial charge in [0.05, 0.1) is 0 Å². The van der Waals surface area contributed by atoms with E-state index in [1.54, 1.807) is 0 Å². The molecule has 1 rings (SSSR count). The van der Waals surface area contributed by atoms with Crippen LogP contribution in [0.2, 0.25) is 0 Å². The quantitative estimate of drug-likeness (QED) is 0.742. The maximum Gasteiger partial charge on any atom is 0.593 e. The Balaban J connectivity index is 2.76. The molecule has 0 saturated carbocycles. The first-order valence-corrected chi connectivity index (χ1v) is 5.15. The highest BCUT2D eigenvalue weighted by Crippen LogP contribution is 2.50. The Labute approximate surface area is 83.0 Å². The Morgan fingerprint density at radius 3 is 2.07 bits per heavy atom. The first kappa shape index (κ1) is 12.0. The molecule has 8 heteroatoms. The monoisotopic (exact) mass is 242 g/mol. The lowest BCUT2D eigenvalue weighted by Crippen LogP contribution is -1.93. The molecule has 0 fully saturated rings. The van der Waals surface area contributed by atoms with Gasteiger partial charge in [-0.1, -0.05) is 21.6 Å². The minimum Gasteiger partial charge on any atom is -0.401 e. The number of phosphoric acid groups is 1. The second-order valence-electron chi connectivity index (χ2n) is 2.45. The fourth-order valence-corrected chi connectivity index (χ4v) is 1.26. The summed E-state index contributed by atoms with van der Waals surface area (Å²) in [5.41, 5.74) is 0.333. The highest BCUT2D eigenvalue weighted by Gasteiger charge is 2.31. The van der Waals surface area contributed by atoms with E-state index in [0.717, 1.165) is 0 Å². The summed E-state index contributed by atoms with van der Waals surface area (Å²) in [4.78, 5) is 0. The van der Waals surface area contributed by atoms with Gasteiger partial charge in [-0.05, 0) is 26.7 Å². The number of hydrogen-bond acceptors (Lipinski definition) is 4. The normalized spacial score (nSPS) is 11.4. The van der Waals surface area contributed by atoms with Gasteiger partial charge in [-0.3, -0.25) is 0 Å². The van der Waals surface area contributed by atoms with Crippen LogP contribution >= 0.6 is 7.82 Å². The Hall–Kier alpha value is -1.04. The zero-order valence-corrected chi connectivity index (χ0v) is 8.13. The fraction of sp³-hybridized carbons (Fsp3) is 0.143. The third kappa shape index (κ3) is 3.23. The van der Waals surface area contributed by atoms with E-state index in [1.165, 1.54) is 24.3 Å². The van der Waals surface area contributed by atoms with Crippen LogP contribution < -0.4 is 4.52 Å². The van der Waals surface area contributed by atoms with Crippen molar-refractivity contribution in [3.05, 3.63) is 29.8 Å². The molecule has 0 amide bonds. The molecule has 0 spiro atoms. The number of rotatable bonds is 5. The summed E-state index contributed by atoms with van der Waals surface area (Å²) >= 11 is 0. The molecule has 0 bridgehead atoms. The van der Waals surface area contributed by atoms with Crippen LogP contribution in [0.15, 0.2) is 24.3 Å². The number of benzene rings is 1. The van der Waals surface area contributed by atoms with Crippen molar-refractivity contribution < 1.29 is 32.0 Å². The fourth-order valence-electron chi connectivity index (χ4n) is 0.807. The van der Waals surface area contributed by atoms with E-state index < -0.39 is 14.5 Å². The maximum absolute atomic E-state index is 12.1. The largest absolute Gasteiger partial charge is 0.593 e. The van der Waals surface area contributed by atoms with Gasteiger partial charge in [0.1, 0.15) is 12.4 Å². The summed E-state index contributed by atoms with van der Waals surface area (Å²) in [6.07, 6.45) is 0. The van der Waals surface area contributed by atoms with Crippen molar-refractivity contribution in [3.63, 3.8) is 0 Å². The lowest BCUT2D eigenvalue weighted by atomic mass is 10.2. The van der Waals surface area contributed by atoms with Gasteiger partial charge in [0, 0.05) is 0 Å². The maximum atomic E-state index is 12.1. The summed E-state index contributed by atoms with van der Waals surface area (Å²) in [7, 11) is -4.85. The molecule has 0 aliphatic carbocycles. The molecule has 1 aromatic rings. The number of alkyl halides is 1. The zero-order valence-electron chi connectivity index (χ0n) is 7.23. The summed E-state index contributed by atoms with van der Waals surface area (Å²) in [6.45, 7) is -0.697. The van der Waals surface area contributed by atoms with Crippen LogP contribution in [-0.4, -0.2) is 0 Å². The summed E-state index contributed by atoms with van der Waals surface area (Å²) in [5.74, 6) is -0.175. The van der Waals surface area contributed by atoms with Gasteiger partial charge in [0.2, 0.25) is 0 Å².